The van der Waals surface area contributed by atoms with Gasteiger partial charge in [-0.3, -0.25) is 4.99 Å². The third-order valence-electron chi connectivity index (χ3n) is 4.18. The number of aliphatic imine (C=N–C) groups is 1. The topological polar surface area (TPSA) is 45.7 Å². The van der Waals surface area contributed by atoms with Crippen LogP contribution in [0.4, 0.5) is 0 Å². The van der Waals surface area contributed by atoms with Gasteiger partial charge < -0.3 is 15.4 Å². The van der Waals surface area contributed by atoms with Crippen molar-refractivity contribution in [3.05, 3.63) is 71.3 Å². The molecular weight excluding hydrogens is 437 g/mol. The third-order valence-corrected chi connectivity index (χ3v) is 4.18. The van der Waals surface area contributed by atoms with E-state index in [-0.39, 0.29) is 24.0 Å². The van der Waals surface area contributed by atoms with Gasteiger partial charge in [-0.2, -0.15) is 0 Å². The van der Waals surface area contributed by atoms with E-state index >= 15 is 0 Å². The van der Waals surface area contributed by atoms with Gasteiger partial charge in [0.1, 0.15) is 0 Å². The Hall–Kier alpha value is -1.60. The molecule has 0 saturated heterocycles. The predicted molar refractivity (Wildman–Crippen MR) is 120 cm³/mol. The van der Waals surface area contributed by atoms with E-state index in [1.54, 1.807) is 14.2 Å². The Kier molecular flexibility index (Phi) is 11.0. The molecule has 0 spiro atoms. The molecule has 0 heterocycles. The van der Waals surface area contributed by atoms with Crippen LogP contribution in [0.15, 0.2) is 59.6 Å². The van der Waals surface area contributed by atoms with Crippen LogP contribution in [0.3, 0.4) is 0 Å². The van der Waals surface area contributed by atoms with E-state index in [0.29, 0.717) is 12.6 Å². The second-order valence-electron chi connectivity index (χ2n) is 6.20. The highest BCUT2D eigenvalue weighted by Gasteiger charge is 2.07. The molecule has 0 fully saturated rings. The van der Waals surface area contributed by atoms with Gasteiger partial charge in [-0.1, -0.05) is 54.6 Å². The van der Waals surface area contributed by atoms with Crippen molar-refractivity contribution in [3.8, 4) is 0 Å². The number of hydrogen-bond acceptors (Lipinski definition) is 2. The van der Waals surface area contributed by atoms with Crippen LogP contribution >= 0.6 is 24.0 Å². The zero-order valence-electron chi connectivity index (χ0n) is 15.9. The van der Waals surface area contributed by atoms with Crippen molar-refractivity contribution < 1.29 is 4.74 Å². The van der Waals surface area contributed by atoms with E-state index in [1.807, 2.05) is 6.07 Å². The number of rotatable bonds is 8. The fraction of sp³-hybridized carbons (Fsp3) is 0.381. The quantitative estimate of drug-likeness (QED) is 0.349. The third kappa shape index (κ3) is 7.74. The van der Waals surface area contributed by atoms with Crippen LogP contribution in [0.5, 0.6) is 0 Å². The molecule has 26 heavy (non-hydrogen) atoms. The second-order valence-corrected chi connectivity index (χ2v) is 6.20. The maximum absolute atomic E-state index is 5.27. The van der Waals surface area contributed by atoms with Crippen molar-refractivity contribution in [1.29, 1.82) is 0 Å². The average molecular weight is 467 g/mol. The molecule has 0 saturated carbocycles. The van der Waals surface area contributed by atoms with Gasteiger partial charge in [-0.05, 0) is 36.5 Å². The first kappa shape index (κ1) is 22.4. The standard InChI is InChI=1S/C21H29N3O.HI/c1-17(13-14-18-9-5-4-6-10-18)24-21(22-2)23-15-19-11-7-8-12-20(19)16-25-3;/h4-12,17H,13-16H2,1-3H3,(H2,22,23,24);1H. The van der Waals surface area contributed by atoms with Gasteiger partial charge in [0.05, 0.1) is 6.61 Å². The predicted octanol–water partition coefficient (Wildman–Crippen LogP) is 4.14. The Morgan fingerprint density at radius 1 is 1.04 bits per heavy atom. The van der Waals surface area contributed by atoms with Crippen LogP contribution in [-0.4, -0.2) is 26.2 Å². The Labute approximate surface area is 174 Å². The summed E-state index contributed by atoms with van der Waals surface area (Å²) in [4.78, 5) is 4.34. The second kappa shape index (κ2) is 12.7. The molecule has 2 aromatic rings. The molecule has 0 aliphatic heterocycles. The minimum absolute atomic E-state index is 0. The van der Waals surface area contributed by atoms with Crippen molar-refractivity contribution >= 4 is 29.9 Å². The van der Waals surface area contributed by atoms with Crippen molar-refractivity contribution in [1.82, 2.24) is 10.6 Å². The summed E-state index contributed by atoms with van der Waals surface area (Å²) in [6.07, 6.45) is 2.12. The van der Waals surface area contributed by atoms with E-state index in [9.17, 15) is 0 Å². The van der Waals surface area contributed by atoms with E-state index in [2.05, 4.69) is 71.1 Å². The van der Waals surface area contributed by atoms with Gasteiger partial charge in [0, 0.05) is 26.7 Å². The van der Waals surface area contributed by atoms with Gasteiger partial charge in [-0.15, -0.1) is 24.0 Å². The fourth-order valence-corrected chi connectivity index (χ4v) is 2.73. The van der Waals surface area contributed by atoms with Gasteiger partial charge in [-0.25, -0.2) is 0 Å². The lowest BCUT2D eigenvalue weighted by atomic mass is 10.1. The number of hydrogen-bond donors (Lipinski definition) is 2. The van der Waals surface area contributed by atoms with E-state index in [1.165, 1.54) is 16.7 Å². The Balaban J connectivity index is 0.00000338. The van der Waals surface area contributed by atoms with Crippen LogP contribution in [-0.2, 0) is 24.3 Å². The molecule has 142 valence electrons. The smallest absolute Gasteiger partial charge is 0.191 e. The normalized spacial score (nSPS) is 12.2. The first-order valence-electron chi connectivity index (χ1n) is 8.79. The fourth-order valence-electron chi connectivity index (χ4n) is 2.73. The van der Waals surface area contributed by atoms with Gasteiger partial charge in [0.2, 0.25) is 0 Å². The van der Waals surface area contributed by atoms with E-state index < -0.39 is 0 Å². The lowest BCUT2D eigenvalue weighted by molar-refractivity contribution is 0.184. The van der Waals surface area contributed by atoms with Crippen molar-refractivity contribution in [2.45, 2.75) is 39.0 Å². The SMILES string of the molecule is CN=C(NCc1ccccc1COC)NC(C)CCc1ccccc1.I. The van der Waals surface area contributed by atoms with Crippen molar-refractivity contribution in [2.24, 2.45) is 4.99 Å². The lowest BCUT2D eigenvalue weighted by Crippen LogP contribution is -2.42. The molecule has 2 aromatic carbocycles. The number of nitrogens with zero attached hydrogens (tertiary/aromatic N) is 1. The molecule has 0 aromatic heterocycles. The molecule has 1 unspecified atom stereocenters. The molecule has 0 radical (unpaired) electrons. The Morgan fingerprint density at radius 2 is 1.69 bits per heavy atom. The molecule has 2 rings (SSSR count). The van der Waals surface area contributed by atoms with Gasteiger partial charge in [0.25, 0.3) is 0 Å². The van der Waals surface area contributed by atoms with Crippen LogP contribution < -0.4 is 10.6 Å². The summed E-state index contributed by atoms with van der Waals surface area (Å²) < 4.78 is 5.27. The summed E-state index contributed by atoms with van der Waals surface area (Å²) in [6.45, 7) is 3.54. The minimum atomic E-state index is 0. The van der Waals surface area contributed by atoms with Crippen molar-refractivity contribution in [2.75, 3.05) is 14.2 Å². The van der Waals surface area contributed by atoms with Crippen LogP contribution in [0.2, 0.25) is 0 Å². The van der Waals surface area contributed by atoms with Crippen LogP contribution in [0.1, 0.15) is 30.0 Å². The monoisotopic (exact) mass is 467 g/mol. The zero-order valence-corrected chi connectivity index (χ0v) is 18.2. The number of nitrogens with one attached hydrogen (secondary N) is 2. The number of halogens is 1. The highest BCUT2D eigenvalue weighted by atomic mass is 127. The average Bonchev–Trinajstić information content (AvgIpc) is 2.65. The summed E-state index contributed by atoms with van der Waals surface area (Å²) in [5.74, 6) is 0.827. The highest BCUT2D eigenvalue weighted by Crippen LogP contribution is 2.09. The summed E-state index contributed by atoms with van der Waals surface area (Å²) in [5, 5.41) is 6.86. The molecule has 0 aliphatic rings. The number of methoxy groups -OCH3 is 1. The van der Waals surface area contributed by atoms with Crippen LogP contribution in [0.25, 0.3) is 0 Å². The van der Waals surface area contributed by atoms with E-state index in [4.69, 9.17) is 4.74 Å². The number of benzene rings is 2. The molecule has 0 aliphatic carbocycles. The first-order valence-corrected chi connectivity index (χ1v) is 8.79. The van der Waals surface area contributed by atoms with Gasteiger partial charge in [0.15, 0.2) is 5.96 Å². The first-order chi connectivity index (χ1) is 12.2. The molecular formula is C21H30IN3O. The number of aryl methyl sites for hydroxylation is 1. The molecule has 1 atom stereocenters. The molecule has 0 amide bonds. The maximum Gasteiger partial charge on any atom is 0.191 e. The molecule has 4 nitrogen and oxygen atoms in total. The molecule has 2 N–H and O–H groups in total. The Morgan fingerprint density at radius 3 is 2.35 bits per heavy atom. The summed E-state index contributed by atoms with van der Waals surface area (Å²) in [6, 6.07) is 19.2. The van der Waals surface area contributed by atoms with Crippen molar-refractivity contribution in [3.63, 3.8) is 0 Å². The zero-order chi connectivity index (χ0) is 17.9. The minimum Gasteiger partial charge on any atom is -0.380 e. The summed E-state index contributed by atoms with van der Waals surface area (Å²) in [7, 11) is 3.53. The number of ether oxygens (including phenoxy) is 1. The number of guanidine groups is 1. The lowest BCUT2D eigenvalue weighted by Gasteiger charge is -2.19. The molecule has 5 heteroatoms. The molecule has 0 bridgehead atoms. The maximum atomic E-state index is 5.27. The van der Waals surface area contributed by atoms with Gasteiger partial charge >= 0.3 is 0 Å². The van der Waals surface area contributed by atoms with E-state index in [0.717, 1.165) is 25.3 Å². The van der Waals surface area contributed by atoms with Crippen LogP contribution in [0, 0.1) is 0 Å². The Bertz CT molecular complexity index is 661. The largest absolute Gasteiger partial charge is 0.380 e. The summed E-state index contributed by atoms with van der Waals surface area (Å²) >= 11 is 0. The highest BCUT2D eigenvalue weighted by molar-refractivity contribution is 14.0. The summed E-state index contributed by atoms with van der Waals surface area (Å²) in [5.41, 5.74) is 3.79.